The first-order chi connectivity index (χ1) is 40.5. The lowest BCUT2D eigenvalue weighted by molar-refractivity contribution is 0.141. The van der Waals surface area contributed by atoms with E-state index in [4.69, 9.17) is 0 Å². The fraction of sp³-hybridized carbons (Fsp3) is 0.694. The van der Waals surface area contributed by atoms with Crippen molar-refractivity contribution in [3.8, 4) is 0 Å². The molecule has 9 rings (SSSR count). The largest absolute Gasteiger partial charge is 0.264 e. The van der Waals surface area contributed by atoms with Crippen LogP contribution in [0.4, 0.5) is 0 Å². The highest BCUT2D eigenvalue weighted by atomic mass is 32.1. The van der Waals surface area contributed by atoms with Gasteiger partial charge >= 0.3 is 0 Å². The van der Waals surface area contributed by atoms with E-state index >= 15 is 0 Å². The second kappa shape index (κ2) is 31.8. The number of pyridine rings is 1. The standard InChI is InChI=1S/2C18H28.C16H24.C12H24.C11H17N.C10H17NS/c1-14(2)15-8-10-16(11-9-15)18(17(3,4)5)12-6-7-13-18;1-14(2)15-9-8-10-16(13-15)18(17(3,4)5)11-6-7-12-18;1-12(2)13-6-8-14(9-7-13)16(10-11-16)15(3,4)5;1-10(12(2,3)4)11-8-6-5-7-9-11;1-9(11(2,3)4)10-6-5-7-12-8-10;1-7-6-12-9(11-7)8(2)10(3,4)5/h8-11,14H,6-7,12-13H2,1-5H3;8-10,13-14H,6-7,11-12H2,1-5H3;6-9,12H,10-11H2,1-5H3;10-11H,5-9H2,1-4H3;5-9H,1-4H3;6,8H,1-5H3/t;;;10-;9-;8-/m...000/s1. The SMILES string of the molecule is CC(C)c1ccc(C2(C(C)(C)C)CC2)cc1.CC(C)c1ccc(C2(C(C)(C)C)CCCC2)cc1.CC(C)c1cccc(C2(C(C)(C)C)CCCC2)c1.C[C@@H](C1CCCCC1)C(C)(C)C.C[C@@H](c1cccnc1)C(C)(C)C.Cc1csc([C@H](C)C(C)(C)C)n1. The van der Waals surface area contributed by atoms with E-state index in [1.54, 1.807) is 28.0 Å². The average Bonchev–Trinajstić information content (AvgIpc) is 1.57. The zero-order valence-corrected chi connectivity index (χ0v) is 63.6. The van der Waals surface area contributed by atoms with Gasteiger partial charge in [0.15, 0.2) is 0 Å². The van der Waals surface area contributed by atoms with Crippen LogP contribution in [0.15, 0.2) is 103 Å². The molecule has 3 heteroatoms. The Morgan fingerprint density at radius 1 is 0.409 bits per heavy atom. The summed E-state index contributed by atoms with van der Waals surface area (Å²) in [6, 6.07) is 32.3. The molecular weight excluding hydrogens is 1080 g/mol. The van der Waals surface area contributed by atoms with Crippen molar-refractivity contribution >= 4 is 11.3 Å². The van der Waals surface area contributed by atoms with Crippen LogP contribution in [0.3, 0.4) is 0 Å². The molecule has 0 amide bonds. The molecule has 4 aliphatic rings. The lowest BCUT2D eigenvalue weighted by atomic mass is 9.61. The molecule has 4 aliphatic carbocycles. The third-order valence-electron chi connectivity index (χ3n) is 22.8. The van der Waals surface area contributed by atoms with Gasteiger partial charge in [-0.3, -0.25) is 4.98 Å². The fourth-order valence-electron chi connectivity index (χ4n) is 14.5. The third kappa shape index (κ3) is 21.0. The van der Waals surface area contributed by atoms with Gasteiger partial charge in [-0.1, -0.05) is 324 Å². The molecule has 2 nitrogen and oxygen atoms in total. The van der Waals surface area contributed by atoms with Gasteiger partial charge in [-0.2, -0.15) is 0 Å². The lowest BCUT2D eigenvalue weighted by Crippen LogP contribution is -2.37. The Bertz CT molecular complexity index is 2740. The van der Waals surface area contributed by atoms with Crippen LogP contribution >= 0.6 is 11.3 Å². The minimum absolute atomic E-state index is 0.322. The van der Waals surface area contributed by atoms with E-state index in [0.29, 0.717) is 78.3 Å². The maximum absolute atomic E-state index is 4.50. The van der Waals surface area contributed by atoms with Crippen LogP contribution in [0, 0.1) is 51.2 Å². The first kappa shape index (κ1) is 76.9. The Hall–Kier alpha value is -3.56. The van der Waals surface area contributed by atoms with Crippen LogP contribution in [0.2, 0.25) is 0 Å². The Morgan fingerprint density at radius 2 is 0.807 bits per heavy atom. The number of benzene rings is 3. The number of nitrogens with zero attached hydrogens (tertiary/aromatic N) is 2. The molecule has 0 bridgehead atoms. The van der Waals surface area contributed by atoms with Gasteiger partial charge in [0.25, 0.3) is 0 Å². The van der Waals surface area contributed by atoms with Crippen LogP contribution in [0.25, 0.3) is 0 Å². The van der Waals surface area contributed by atoms with E-state index in [1.165, 1.54) is 124 Å². The van der Waals surface area contributed by atoms with Gasteiger partial charge in [-0.25, -0.2) is 4.98 Å². The van der Waals surface area contributed by atoms with Crippen molar-refractivity contribution in [3.05, 3.63) is 152 Å². The van der Waals surface area contributed by atoms with Crippen LogP contribution in [0.5, 0.6) is 0 Å². The van der Waals surface area contributed by atoms with Crippen molar-refractivity contribution in [1.29, 1.82) is 0 Å². The lowest BCUT2D eigenvalue weighted by Gasteiger charge is -2.43. The molecule has 0 saturated heterocycles. The maximum atomic E-state index is 4.50. The van der Waals surface area contributed by atoms with Crippen LogP contribution < -0.4 is 0 Å². The molecule has 88 heavy (non-hydrogen) atoms. The summed E-state index contributed by atoms with van der Waals surface area (Å²) in [5.41, 5.74) is 15.1. The molecule has 0 N–H and O–H groups in total. The van der Waals surface area contributed by atoms with E-state index < -0.39 is 0 Å². The molecule has 2 aromatic heterocycles. The summed E-state index contributed by atoms with van der Waals surface area (Å²) in [5, 5.41) is 3.39. The van der Waals surface area contributed by atoms with Crippen molar-refractivity contribution in [3.63, 3.8) is 0 Å². The number of hydrogen-bond donors (Lipinski definition) is 0. The van der Waals surface area contributed by atoms with Crippen molar-refractivity contribution in [2.45, 2.75) is 336 Å². The number of aryl methyl sites for hydroxylation is 1. The Kier molecular flexibility index (Phi) is 27.8. The summed E-state index contributed by atoms with van der Waals surface area (Å²) < 4.78 is 0. The predicted molar refractivity (Wildman–Crippen MR) is 393 cm³/mol. The van der Waals surface area contributed by atoms with E-state index in [1.807, 2.05) is 18.5 Å². The molecule has 0 unspecified atom stereocenters. The van der Waals surface area contributed by atoms with Crippen molar-refractivity contribution in [2.24, 2.45) is 44.3 Å². The topological polar surface area (TPSA) is 25.8 Å². The zero-order chi connectivity index (χ0) is 66.5. The summed E-state index contributed by atoms with van der Waals surface area (Å²) in [4.78, 5) is 8.61. The van der Waals surface area contributed by atoms with Crippen molar-refractivity contribution < 1.29 is 0 Å². The molecule has 494 valence electrons. The molecule has 0 radical (unpaired) electrons. The highest BCUT2D eigenvalue weighted by molar-refractivity contribution is 7.09. The molecule has 0 spiro atoms. The predicted octanol–water partition coefficient (Wildman–Crippen LogP) is 27.3. The van der Waals surface area contributed by atoms with Crippen molar-refractivity contribution in [1.82, 2.24) is 9.97 Å². The number of rotatable bonds is 9. The monoisotopic (exact) mass is 1220 g/mol. The minimum atomic E-state index is 0.322. The fourth-order valence-corrected chi connectivity index (χ4v) is 15.6. The molecule has 3 aromatic carbocycles. The first-order valence-electron chi connectivity index (χ1n) is 35.7. The normalized spacial score (nSPS) is 18.6. The molecule has 3 atom stereocenters. The third-order valence-corrected chi connectivity index (χ3v) is 24.0. The molecule has 5 aromatic rings. The quantitative estimate of drug-likeness (QED) is 0.147. The maximum Gasteiger partial charge on any atom is 0.0961 e. The van der Waals surface area contributed by atoms with Gasteiger partial charge in [0, 0.05) is 45.6 Å². The Labute approximate surface area is 550 Å². The van der Waals surface area contributed by atoms with Gasteiger partial charge in [0.05, 0.1) is 5.01 Å². The molecule has 4 saturated carbocycles. The molecular formula is C85H138N2S. The van der Waals surface area contributed by atoms with Crippen molar-refractivity contribution in [2.75, 3.05) is 0 Å². The second-order valence-corrected chi connectivity index (χ2v) is 36.5. The minimum Gasteiger partial charge on any atom is -0.264 e. The van der Waals surface area contributed by atoms with E-state index in [2.05, 4.69) is 288 Å². The van der Waals surface area contributed by atoms with Gasteiger partial charge in [0.1, 0.15) is 0 Å². The summed E-state index contributed by atoms with van der Waals surface area (Å²) in [5.74, 6) is 4.93. The Morgan fingerprint density at radius 3 is 1.14 bits per heavy atom. The zero-order valence-electron chi connectivity index (χ0n) is 62.8. The molecule has 2 heterocycles. The number of aromatic nitrogens is 2. The van der Waals surface area contributed by atoms with Crippen LogP contribution in [0.1, 0.15) is 362 Å². The van der Waals surface area contributed by atoms with Gasteiger partial charge < -0.3 is 0 Å². The van der Waals surface area contributed by atoms with Gasteiger partial charge in [-0.15, -0.1) is 11.3 Å². The summed E-state index contributed by atoms with van der Waals surface area (Å²) in [6.07, 6.45) is 24.9. The first-order valence-corrected chi connectivity index (χ1v) is 36.6. The molecule has 0 aliphatic heterocycles. The summed E-state index contributed by atoms with van der Waals surface area (Å²) in [6.45, 7) is 64.9. The van der Waals surface area contributed by atoms with E-state index in [0.717, 1.165) is 17.5 Å². The second-order valence-electron chi connectivity index (χ2n) is 35.6. The highest BCUT2D eigenvalue weighted by Gasteiger charge is 2.53. The Balaban J connectivity index is 0.000000228. The summed E-state index contributed by atoms with van der Waals surface area (Å²) >= 11 is 1.77. The average molecular weight is 1220 g/mol. The number of thiazole rings is 1. The van der Waals surface area contributed by atoms with Crippen LogP contribution in [-0.2, 0) is 16.2 Å². The van der Waals surface area contributed by atoms with Crippen LogP contribution in [-0.4, -0.2) is 9.97 Å². The smallest absolute Gasteiger partial charge is 0.0961 e. The number of hydrogen-bond acceptors (Lipinski definition) is 3. The van der Waals surface area contributed by atoms with E-state index in [9.17, 15) is 0 Å². The van der Waals surface area contributed by atoms with E-state index in [-0.39, 0.29) is 0 Å². The summed E-state index contributed by atoms with van der Waals surface area (Å²) in [7, 11) is 0. The van der Waals surface area contributed by atoms with Gasteiger partial charge in [-0.05, 0) is 158 Å². The highest BCUT2D eigenvalue weighted by Crippen LogP contribution is 2.60. The van der Waals surface area contributed by atoms with Gasteiger partial charge in [0.2, 0.25) is 0 Å². The molecule has 4 fully saturated rings.